The summed E-state index contributed by atoms with van der Waals surface area (Å²) < 4.78 is 3.89. The molecule has 0 unspecified atom stereocenters. The molecular weight excluding hydrogens is 226 g/mol. The van der Waals surface area contributed by atoms with E-state index >= 15 is 0 Å². The molecule has 18 heavy (non-hydrogen) atoms. The molecule has 3 heteroatoms. The third kappa shape index (κ3) is 2.51. The van der Waals surface area contributed by atoms with Crippen LogP contribution in [0.1, 0.15) is 11.1 Å². The minimum Gasteiger partial charge on any atom is -0.453 e. The molecule has 1 aliphatic carbocycles. The van der Waals surface area contributed by atoms with Crippen molar-refractivity contribution in [2.45, 2.75) is 6.42 Å². The van der Waals surface area contributed by atoms with Crippen molar-refractivity contribution in [3.63, 3.8) is 0 Å². The van der Waals surface area contributed by atoms with E-state index in [1.807, 2.05) is 0 Å². The second-order valence-corrected chi connectivity index (χ2v) is 4.01. The van der Waals surface area contributed by atoms with Crippen molar-refractivity contribution in [3.05, 3.63) is 59.7 Å². The molecule has 2 aromatic carbocycles. The van der Waals surface area contributed by atoms with E-state index in [9.17, 15) is 4.79 Å². The van der Waals surface area contributed by atoms with Crippen LogP contribution in [0.3, 0.4) is 0 Å². The minimum absolute atomic E-state index is 0.745. The average molecular weight is 241 g/mol. The molecule has 0 radical (unpaired) electrons. The number of nitrogens with two attached hydrogens (primary N) is 1. The van der Waals surface area contributed by atoms with Gasteiger partial charge in [-0.05, 0) is 28.7 Å². The summed E-state index contributed by atoms with van der Waals surface area (Å²) in [5.41, 5.74) is 10.2. The van der Waals surface area contributed by atoms with Crippen LogP contribution in [0.25, 0.3) is 11.1 Å². The molecule has 0 aromatic heterocycles. The van der Waals surface area contributed by atoms with Gasteiger partial charge in [0.15, 0.2) is 0 Å². The topological polar surface area (TPSA) is 52.3 Å². The fourth-order valence-electron chi connectivity index (χ4n) is 2.08. The third-order valence-electron chi connectivity index (χ3n) is 2.91. The maximum absolute atomic E-state index is 9.37. The van der Waals surface area contributed by atoms with Gasteiger partial charge in [0.2, 0.25) is 0 Å². The highest BCUT2D eigenvalue weighted by Crippen LogP contribution is 2.35. The second kappa shape index (κ2) is 5.36. The highest BCUT2D eigenvalue weighted by molar-refractivity contribution is 5.76. The first kappa shape index (κ1) is 12.2. The van der Waals surface area contributed by atoms with Gasteiger partial charge in [-0.15, -0.1) is 0 Å². The third-order valence-corrected chi connectivity index (χ3v) is 2.91. The van der Waals surface area contributed by atoms with Crippen molar-refractivity contribution in [2.24, 2.45) is 5.73 Å². The number of amides is 1. The number of carbonyl (C=O) groups excluding carboxylic acids is 1. The maximum atomic E-state index is 9.37. The Morgan fingerprint density at radius 3 is 1.78 bits per heavy atom. The van der Waals surface area contributed by atoms with Crippen LogP contribution in [0, 0.1) is 0 Å². The zero-order chi connectivity index (χ0) is 13.0. The molecule has 0 saturated carbocycles. The molecule has 1 aliphatic rings. The lowest BCUT2D eigenvalue weighted by Gasteiger charge is -1.98. The number of rotatable bonds is 0. The fourth-order valence-corrected chi connectivity index (χ4v) is 2.08. The van der Waals surface area contributed by atoms with E-state index in [0.717, 1.165) is 6.42 Å². The van der Waals surface area contributed by atoms with Gasteiger partial charge in [-0.3, -0.25) is 0 Å². The Kier molecular flexibility index (Phi) is 3.63. The molecule has 2 N–H and O–H groups in total. The summed E-state index contributed by atoms with van der Waals surface area (Å²) in [5.74, 6) is 0. The summed E-state index contributed by atoms with van der Waals surface area (Å²) >= 11 is 0. The molecule has 0 saturated heterocycles. The Labute approximate surface area is 106 Å². The molecule has 3 nitrogen and oxygen atoms in total. The van der Waals surface area contributed by atoms with Gasteiger partial charge in [-0.25, -0.2) is 4.79 Å². The van der Waals surface area contributed by atoms with Crippen molar-refractivity contribution in [2.75, 3.05) is 7.11 Å². The van der Waals surface area contributed by atoms with Gasteiger partial charge in [0.25, 0.3) is 0 Å². The number of fused-ring (bicyclic) bond motifs is 3. The van der Waals surface area contributed by atoms with E-state index in [0.29, 0.717) is 0 Å². The van der Waals surface area contributed by atoms with Crippen LogP contribution in [-0.4, -0.2) is 13.2 Å². The van der Waals surface area contributed by atoms with Crippen LogP contribution < -0.4 is 5.73 Å². The zero-order valence-electron chi connectivity index (χ0n) is 10.2. The first-order valence-electron chi connectivity index (χ1n) is 5.72. The summed E-state index contributed by atoms with van der Waals surface area (Å²) in [4.78, 5) is 9.37. The van der Waals surface area contributed by atoms with Gasteiger partial charge in [0.05, 0.1) is 7.11 Å². The van der Waals surface area contributed by atoms with E-state index in [-0.39, 0.29) is 0 Å². The highest BCUT2D eigenvalue weighted by atomic mass is 16.5. The van der Waals surface area contributed by atoms with E-state index in [2.05, 4.69) is 59.0 Å². The van der Waals surface area contributed by atoms with Gasteiger partial charge in [0, 0.05) is 0 Å². The summed E-state index contributed by atoms with van der Waals surface area (Å²) in [5, 5.41) is 0. The predicted molar refractivity (Wildman–Crippen MR) is 71.3 cm³/mol. The minimum atomic E-state index is -0.745. The summed E-state index contributed by atoms with van der Waals surface area (Å²) in [6.45, 7) is 0. The molecular formula is C15H15NO2. The number of primary amides is 1. The fraction of sp³-hybridized carbons (Fsp3) is 0.133. The number of hydrogen-bond donors (Lipinski definition) is 1. The SMILES string of the molecule is COC(N)=O.c1ccc2c(c1)Cc1ccccc1-2. The first-order chi connectivity index (χ1) is 8.72. The predicted octanol–water partition coefficient (Wildman–Crippen LogP) is 2.97. The molecule has 0 heterocycles. The number of carbonyl (C=O) groups is 1. The van der Waals surface area contributed by atoms with Crippen molar-refractivity contribution in [3.8, 4) is 11.1 Å². The molecule has 0 bridgehead atoms. The molecule has 0 spiro atoms. The zero-order valence-corrected chi connectivity index (χ0v) is 10.2. The number of benzene rings is 2. The van der Waals surface area contributed by atoms with Crippen molar-refractivity contribution < 1.29 is 9.53 Å². The van der Waals surface area contributed by atoms with Crippen LogP contribution in [-0.2, 0) is 11.2 Å². The van der Waals surface area contributed by atoms with Crippen molar-refractivity contribution in [1.82, 2.24) is 0 Å². The number of ether oxygens (including phenoxy) is 1. The average Bonchev–Trinajstić information content (AvgIpc) is 2.78. The van der Waals surface area contributed by atoms with Crippen molar-refractivity contribution in [1.29, 1.82) is 0 Å². The largest absolute Gasteiger partial charge is 0.453 e. The standard InChI is InChI=1S/C13H10.C2H5NO2/c1-3-7-12-10(5-1)9-11-6-2-4-8-13(11)12;1-5-2(3)4/h1-8H,9H2;1H3,(H2,3,4). The van der Waals surface area contributed by atoms with E-state index in [1.54, 1.807) is 0 Å². The smallest absolute Gasteiger partial charge is 0.404 e. The number of methoxy groups -OCH3 is 1. The summed E-state index contributed by atoms with van der Waals surface area (Å²) in [7, 11) is 1.22. The summed E-state index contributed by atoms with van der Waals surface area (Å²) in [6, 6.07) is 17.3. The quantitative estimate of drug-likeness (QED) is 0.657. The highest BCUT2D eigenvalue weighted by Gasteiger charge is 2.15. The number of hydrogen-bond acceptors (Lipinski definition) is 2. The Bertz CT molecular complexity index is 520. The van der Waals surface area contributed by atoms with E-state index in [4.69, 9.17) is 0 Å². The Morgan fingerprint density at radius 2 is 1.39 bits per heavy atom. The Hall–Kier alpha value is -2.29. The lowest BCUT2D eigenvalue weighted by atomic mass is 10.1. The van der Waals surface area contributed by atoms with Crippen LogP contribution in [0.4, 0.5) is 4.79 Å². The van der Waals surface area contributed by atoms with Gasteiger partial charge in [-0.1, -0.05) is 48.5 Å². The summed E-state index contributed by atoms with van der Waals surface area (Å²) in [6.07, 6.45) is 0.358. The lowest BCUT2D eigenvalue weighted by molar-refractivity contribution is 0.182. The molecule has 1 amide bonds. The monoisotopic (exact) mass is 241 g/mol. The normalized spacial score (nSPS) is 10.7. The first-order valence-corrected chi connectivity index (χ1v) is 5.72. The van der Waals surface area contributed by atoms with E-state index < -0.39 is 6.09 Å². The van der Waals surface area contributed by atoms with Gasteiger partial charge in [0.1, 0.15) is 0 Å². The Balaban J connectivity index is 0.000000209. The van der Waals surface area contributed by atoms with Crippen LogP contribution >= 0.6 is 0 Å². The second-order valence-electron chi connectivity index (χ2n) is 4.01. The van der Waals surface area contributed by atoms with Gasteiger partial charge >= 0.3 is 6.09 Å². The molecule has 0 aliphatic heterocycles. The molecule has 2 aromatic rings. The Morgan fingerprint density at radius 1 is 1.00 bits per heavy atom. The van der Waals surface area contributed by atoms with E-state index in [1.165, 1.54) is 29.4 Å². The maximum Gasteiger partial charge on any atom is 0.404 e. The van der Waals surface area contributed by atoms with Crippen LogP contribution in [0.15, 0.2) is 48.5 Å². The van der Waals surface area contributed by atoms with Crippen LogP contribution in [0.5, 0.6) is 0 Å². The molecule has 0 atom stereocenters. The molecule has 92 valence electrons. The molecule has 3 rings (SSSR count). The molecule has 0 fully saturated rings. The lowest BCUT2D eigenvalue weighted by Crippen LogP contribution is -2.08. The van der Waals surface area contributed by atoms with Gasteiger partial charge in [-0.2, -0.15) is 0 Å². The van der Waals surface area contributed by atoms with Crippen molar-refractivity contribution >= 4 is 6.09 Å². The van der Waals surface area contributed by atoms with Crippen LogP contribution in [0.2, 0.25) is 0 Å². The van der Waals surface area contributed by atoms with Gasteiger partial charge < -0.3 is 10.5 Å².